The summed E-state index contributed by atoms with van der Waals surface area (Å²) >= 11 is 3.30. The van der Waals surface area contributed by atoms with Crippen molar-refractivity contribution in [3.05, 3.63) is 98.5 Å². The van der Waals surface area contributed by atoms with Crippen LogP contribution in [0, 0.1) is 13.8 Å². The van der Waals surface area contributed by atoms with Crippen LogP contribution >= 0.6 is 15.9 Å². The van der Waals surface area contributed by atoms with E-state index in [0.717, 1.165) is 16.0 Å². The van der Waals surface area contributed by atoms with Gasteiger partial charge in [0.15, 0.2) is 6.61 Å². The number of aryl methyl sites for hydroxylation is 2. The number of para-hydroxylation sites is 1. The van der Waals surface area contributed by atoms with E-state index in [-0.39, 0.29) is 28.2 Å². The molecule has 0 bridgehead atoms. The van der Waals surface area contributed by atoms with Crippen molar-refractivity contribution in [2.75, 3.05) is 11.5 Å². The molecule has 4 rings (SSSR count). The van der Waals surface area contributed by atoms with Crippen LogP contribution in [0.3, 0.4) is 0 Å². The monoisotopic (exact) mass is 491 g/mol. The Morgan fingerprint density at radius 3 is 2.38 bits per heavy atom. The summed E-state index contributed by atoms with van der Waals surface area (Å²) in [6.45, 7) is 3.23. The highest BCUT2D eigenvalue weighted by Gasteiger charge is 2.38. The molecule has 0 saturated carbocycles. The molecule has 0 aliphatic carbocycles. The molecule has 0 spiro atoms. The minimum Gasteiger partial charge on any atom is -0.454 e. The van der Waals surface area contributed by atoms with E-state index in [1.54, 1.807) is 36.4 Å². The first-order valence-corrected chi connectivity index (χ1v) is 10.6. The van der Waals surface area contributed by atoms with Crippen LogP contribution in [0.15, 0.2) is 65.1 Å². The molecule has 2 amide bonds. The Hall–Kier alpha value is -3.58. The number of nitrogens with zero attached hydrogens (tertiary/aromatic N) is 1. The van der Waals surface area contributed by atoms with Crippen molar-refractivity contribution in [3.63, 3.8) is 0 Å². The van der Waals surface area contributed by atoms with Crippen molar-refractivity contribution in [1.82, 2.24) is 0 Å². The van der Waals surface area contributed by atoms with Crippen LogP contribution in [-0.2, 0) is 4.74 Å². The summed E-state index contributed by atoms with van der Waals surface area (Å²) in [5.74, 6) is -2.18. The molecule has 6 nitrogen and oxygen atoms in total. The lowest BCUT2D eigenvalue weighted by Crippen LogP contribution is -2.31. The topological polar surface area (TPSA) is 80.8 Å². The van der Waals surface area contributed by atoms with Crippen molar-refractivity contribution in [3.8, 4) is 0 Å². The maximum absolute atomic E-state index is 12.9. The van der Waals surface area contributed by atoms with Crippen LogP contribution in [-0.4, -0.2) is 30.2 Å². The van der Waals surface area contributed by atoms with Crippen LogP contribution in [0.4, 0.5) is 5.69 Å². The van der Waals surface area contributed by atoms with Gasteiger partial charge in [-0.25, -0.2) is 9.69 Å². The van der Waals surface area contributed by atoms with Crippen molar-refractivity contribution >= 4 is 45.2 Å². The molecule has 1 aliphatic heterocycles. The Labute approximate surface area is 192 Å². The number of anilines is 1. The smallest absolute Gasteiger partial charge is 0.340 e. The van der Waals surface area contributed by atoms with Crippen molar-refractivity contribution < 1.29 is 23.9 Å². The predicted molar refractivity (Wildman–Crippen MR) is 122 cm³/mol. The van der Waals surface area contributed by atoms with E-state index in [4.69, 9.17) is 4.74 Å². The first kappa shape index (κ1) is 21.6. The second kappa shape index (κ2) is 8.51. The molecule has 0 fully saturated rings. The van der Waals surface area contributed by atoms with Crippen LogP contribution in [0.1, 0.15) is 52.6 Å². The largest absolute Gasteiger partial charge is 0.454 e. The summed E-state index contributed by atoms with van der Waals surface area (Å²) in [7, 11) is 0. The molecule has 7 heteroatoms. The summed E-state index contributed by atoms with van der Waals surface area (Å²) in [5.41, 5.74) is 2.83. The normalized spacial score (nSPS) is 12.7. The number of imide groups is 1. The summed E-state index contributed by atoms with van der Waals surface area (Å²) in [5, 5.41) is 0. The summed E-state index contributed by atoms with van der Waals surface area (Å²) in [6.07, 6.45) is 0. The molecule has 3 aromatic rings. The maximum Gasteiger partial charge on any atom is 0.340 e. The molecule has 32 heavy (non-hydrogen) atoms. The molecular weight excluding hydrogens is 474 g/mol. The fourth-order valence-electron chi connectivity index (χ4n) is 3.60. The lowest BCUT2D eigenvalue weighted by molar-refractivity contribution is 0.0475. The molecule has 1 aliphatic rings. The van der Waals surface area contributed by atoms with E-state index in [1.165, 1.54) is 12.1 Å². The number of hydrogen-bond acceptors (Lipinski definition) is 5. The highest BCUT2D eigenvalue weighted by molar-refractivity contribution is 9.10. The maximum atomic E-state index is 12.9. The zero-order valence-electron chi connectivity index (χ0n) is 17.3. The van der Waals surface area contributed by atoms with Gasteiger partial charge in [0.25, 0.3) is 11.8 Å². The molecule has 0 unspecified atom stereocenters. The number of halogens is 1. The molecular formula is C25H18BrNO5. The number of esters is 1. The third-order valence-electron chi connectivity index (χ3n) is 5.24. The lowest BCUT2D eigenvalue weighted by atomic mass is 10.0. The third kappa shape index (κ3) is 3.87. The van der Waals surface area contributed by atoms with Crippen LogP contribution in [0.2, 0.25) is 0 Å². The zero-order chi connectivity index (χ0) is 23.0. The Bertz CT molecular complexity index is 1300. The fourth-order valence-corrected chi connectivity index (χ4v) is 3.96. The summed E-state index contributed by atoms with van der Waals surface area (Å²) in [6, 6.07) is 16.5. The number of carbonyl (C=O) groups is 4. The van der Waals surface area contributed by atoms with Gasteiger partial charge < -0.3 is 4.74 Å². The number of rotatable bonds is 5. The van der Waals surface area contributed by atoms with Crippen molar-refractivity contribution in [1.29, 1.82) is 0 Å². The zero-order valence-corrected chi connectivity index (χ0v) is 18.9. The molecule has 160 valence electrons. The Morgan fingerprint density at radius 2 is 1.59 bits per heavy atom. The first-order chi connectivity index (χ1) is 15.3. The van der Waals surface area contributed by atoms with Gasteiger partial charge in [0.2, 0.25) is 5.78 Å². The molecule has 0 aromatic heterocycles. The van der Waals surface area contributed by atoms with Crippen LogP contribution in [0.25, 0.3) is 0 Å². The van der Waals surface area contributed by atoms with Crippen molar-refractivity contribution in [2.24, 2.45) is 0 Å². The highest BCUT2D eigenvalue weighted by Crippen LogP contribution is 2.32. The molecule has 1 heterocycles. The number of fused-ring (bicyclic) bond motifs is 1. The molecule has 3 aromatic carbocycles. The van der Waals surface area contributed by atoms with Crippen LogP contribution in [0.5, 0.6) is 0 Å². The number of Topliss-reactive ketones (excluding diaryl/α,β-unsaturated/α-hetero) is 1. The number of ketones is 1. The number of hydrogen-bond donors (Lipinski definition) is 0. The molecule has 0 N–H and O–H groups in total. The molecule has 0 radical (unpaired) electrons. The quantitative estimate of drug-likeness (QED) is 0.287. The van der Waals surface area contributed by atoms with Gasteiger partial charge in [-0.2, -0.15) is 0 Å². The second-order valence-electron chi connectivity index (χ2n) is 7.47. The molecule has 0 saturated heterocycles. The predicted octanol–water partition coefficient (Wildman–Crippen LogP) is 4.91. The average Bonchev–Trinajstić information content (AvgIpc) is 3.02. The Morgan fingerprint density at radius 1 is 0.875 bits per heavy atom. The number of amides is 2. The van der Waals surface area contributed by atoms with Crippen LogP contribution < -0.4 is 4.90 Å². The lowest BCUT2D eigenvalue weighted by Gasteiger charge is -2.17. The third-order valence-corrected chi connectivity index (χ3v) is 5.73. The minimum absolute atomic E-state index is 0.0230. The first-order valence-electron chi connectivity index (χ1n) is 9.83. The van der Waals surface area contributed by atoms with Crippen molar-refractivity contribution in [2.45, 2.75) is 13.8 Å². The average molecular weight is 492 g/mol. The van der Waals surface area contributed by atoms with E-state index in [9.17, 15) is 19.2 Å². The van der Waals surface area contributed by atoms with Gasteiger partial charge in [-0.3, -0.25) is 14.4 Å². The standard InChI is InChI=1S/C25H18BrNO5/c1-14-7-8-15(2)19(11-14)22(28)13-32-25(31)18-5-3-4-6-21(18)27-23(29)17-10-9-16(26)12-20(17)24(27)30/h3-12H,13H2,1-2H3. The van der Waals surface area contributed by atoms with Gasteiger partial charge in [-0.1, -0.05) is 45.8 Å². The summed E-state index contributed by atoms with van der Waals surface area (Å²) in [4.78, 5) is 52.2. The Kier molecular flexibility index (Phi) is 5.76. The molecule has 0 atom stereocenters. The highest BCUT2D eigenvalue weighted by atomic mass is 79.9. The fraction of sp³-hybridized carbons (Fsp3) is 0.120. The van der Waals surface area contributed by atoms with E-state index < -0.39 is 24.4 Å². The number of carbonyl (C=O) groups excluding carboxylic acids is 4. The van der Waals surface area contributed by atoms with Gasteiger partial charge in [-0.15, -0.1) is 0 Å². The number of benzene rings is 3. The van der Waals surface area contributed by atoms with E-state index in [2.05, 4.69) is 15.9 Å². The SMILES string of the molecule is Cc1ccc(C)c(C(=O)COC(=O)c2ccccc2N2C(=O)c3ccc(Br)cc3C2=O)c1. The van der Waals surface area contributed by atoms with Gasteiger partial charge in [0.05, 0.1) is 22.4 Å². The number of ether oxygens (including phenoxy) is 1. The Balaban J connectivity index is 1.58. The van der Waals surface area contributed by atoms with Gasteiger partial charge in [0.1, 0.15) is 0 Å². The summed E-state index contributed by atoms with van der Waals surface area (Å²) < 4.78 is 5.92. The van der Waals surface area contributed by atoms with E-state index >= 15 is 0 Å². The van der Waals surface area contributed by atoms with Gasteiger partial charge in [0, 0.05) is 10.0 Å². The van der Waals surface area contributed by atoms with Gasteiger partial charge in [-0.05, 0) is 55.8 Å². The second-order valence-corrected chi connectivity index (χ2v) is 8.39. The van der Waals surface area contributed by atoms with E-state index in [1.807, 2.05) is 26.0 Å². The van der Waals surface area contributed by atoms with E-state index in [0.29, 0.717) is 10.0 Å². The van der Waals surface area contributed by atoms with Gasteiger partial charge >= 0.3 is 5.97 Å². The minimum atomic E-state index is -0.794.